The van der Waals surface area contributed by atoms with Crippen molar-refractivity contribution in [2.75, 3.05) is 5.32 Å². The fourth-order valence-corrected chi connectivity index (χ4v) is 3.96. The first kappa shape index (κ1) is 14.5. The van der Waals surface area contributed by atoms with Crippen LogP contribution in [0.4, 0.5) is 5.82 Å². The number of anilines is 1. The molecule has 2 aliphatic carbocycles. The Morgan fingerprint density at radius 1 is 1.13 bits per heavy atom. The van der Waals surface area contributed by atoms with Crippen molar-refractivity contribution in [1.29, 1.82) is 0 Å². The van der Waals surface area contributed by atoms with Crippen molar-refractivity contribution in [1.82, 2.24) is 9.78 Å². The van der Waals surface area contributed by atoms with Gasteiger partial charge < -0.3 is 5.32 Å². The third kappa shape index (κ3) is 3.03. The quantitative estimate of drug-likeness (QED) is 0.936. The molecule has 0 radical (unpaired) electrons. The number of rotatable bonds is 4. The number of fused-ring (bicyclic) bond motifs is 1. The Labute approximate surface area is 136 Å². The summed E-state index contributed by atoms with van der Waals surface area (Å²) in [6.45, 7) is 0. The summed E-state index contributed by atoms with van der Waals surface area (Å²) in [5.74, 6) is 0.880. The van der Waals surface area contributed by atoms with Crippen LogP contribution >= 0.6 is 0 Å². The minimum Gasteiger partial charge on any atom is -0.311 e. The molecule has 0 aliphatic heterocycles. The van der Waals surface area contributed by atoms with Crippen LogP contribution in [-0.2, 0) is 24.1 Å². The monoisotopic (exact) mass is 309 g/mol. The van der Waals surface area contributed by atoms with Gasteiger partial charge in [-0.3, -0.25) is 4.79 Å². The van der Waals surface area contributed by atoms with Crippen LogP contribution in [-0.4, -0.2) is 15.7 Å². The van der Waals surface area contributed by atoms with Gasteiger partial charge in [-0.15, -0.1) is 0 Å². The van der Waals surface area contributed by atoms with E-state index in [0.717, 1.165) is 30.6 Å². The summed E-state index contributed by atoms with van der Waals surface area (Å²) in [5.41, 5.74) is 3.98. The molecule has 1 heterocycles. The third-order valence-electron chi connectivity index (χ3n) is 5.14. The summed E-state index contributed by atoms with van der Waals surface area (Å²) in [4.78, 5) is 12.4. The van der Waals surface area contributed by atoms with Crippen LogP contribution in [0.15, 0.2) is 30.5 Å². The number of hydrogen-bond donors (Lipinski definition) is 1. The zero-order valence-electron chi connectivity index (χ0n) is 13.4. The number of carbonyl (C=O) groups excluding carboxylic acids is 1. The van der Waals surface area contributed by atoms with Gasteiger partial charge in [0.05, 0.1) is 18.7 Å². The van der Waals surface area contributed by atoms with Crippen LogP contribution in [0.5, 0.6) is 0 Å². The highest BCUT2D eigenvalue weighted by Gasteiger charge is 2.20. The number of hydrogen-bond acceptors (Lipinski definition) is 2. The van der Waals surface area contributed by atoms with E-state index in [0.29, 0.717) is 12.5 Å². The summed E-state index contributed by atoms with van der Waals surface area (Å²) < 4.78 is 1.99. The summed E-state index contributed by atoms with van der Waals surface area (Å²) in [6.07, 6.45) is 10.6. The number of benzene rings is 1. The number of carbonyl (C=O) groups is 1. The second-order valence-corrected chi connectivity index (χ2v) is 6.78. The van der Waals surface area contributed by atoms with Gasteiger partial charge >= 0.3 is 0 Å². The first-order valence-electron chi connectivity index (χ1n) is 8.73. The molecular weight excluding hydrogens is 286 g/mol. The summed E-state index contributed by atoms with van der Waals surface area (Å²) in [5, 5.41) is 7.45. The zero-order chi connectivity index (χ0) is 15.6. The Bertz CT molecular complexity index is 713. The van der Waals surface area contributed by atoms with Crippen molar-refractivity contribution < 1.29 is 4.79 Å². The standard InChI is InChI=1S/C19H23N3O/c23-19(13-14-8-9-15-4-3-5-16(15)12-14)21-18-10-11-20-22(18)17-6-1-2-7-17/h8-12,17H,1-7,13H2,(H,21,23). The van der Waals surface area contributed by atoms with E-state index < -0.39 is 0 Å². The highest BCUT2D eigenvalue weighted by molar-refractivity contribution is 5.91. The molecule has 4 rings (SSSR count). The Hall–Kier alpha value is -2.10. The van der Waals surface area contributed by atoms with Gasteiger partial charge in [0.25, 0.3) is 0 Å². The second kappa shape index (κ2) is 6.19. The van der Waals surface area contributed by atoms with Crippen LogP contribution in [0, 0.1) is 0 Å². The fraction of sp³-hybridized carbons (Fsp3) is 0.474. The van der Waals surface area contributed by atoms with Crippen molar-refractivity contribution in [3.63, 3.8) is 0 Å². The minimum absolute atomic E-state index is 0.0442. The predicted octanol–water partition coefficient (Wildman–Crippen LogP) is 3.67. The Morgan fingerprint density at radius 3 is 2.83 bits per heavy atom. The lowest BCUT2D eigenvalue weighted by Gasteiger charge is -2.14. The molecule has 0 saturated heterocycles. The van der Waals surface area contributed by atoms with Crippen LogP contribution in [0.3, 0.4) is 0 Å². The van der Waals surface area contributed by atoms with E-state index in [-0.39, 0.29) is 5.91 Å². The summed E-state index contributed by atoms with van der Waals surface area (Å²) >= 11 is 0. The van der Waals surface area contributed by atoms with Crippen molar-refractivity contribution in [2.24, 2.45) is 0 Å². The minimum atomic E-state index is 0.0442. The average molecular weight is 309 g/mol. The highest BCUT2D eigenvalue weighted by atomic mass is 16.1. The van der Waals surface area contributed by atoms with Crippen LogP contribution in [0.25, 0.3) is 0 Å². The first-order valence-corrected chi connectivity index (χ1v) is 8.73. The Balaban J connectivity index is 1.43. The number of aromatic nitrogens is 2. The van der Waals surface area contributed by atoms with Crippen molar-refractivity contribution in [3.05, 3.63) is 47.2 Å². The normalized spacial score (nSPS) is 17.4. The van der Waals surface area contributed by atoms with Gasteiger partial charge in [0.2, 0.25) is 5.91 Å². The highest BCUT2D eigenvalue weighted by Crippen LogP contribution is 2.31. The van der Waals surface area contributed by atoms with E-state index in [1.807, 2.05) is 10.7 Å². The lowest BCUT2D eigenvalue weighted by Crippen LogP contribution is -2.19. The SMILES string of the molecule is O=C(Cc1ccc2c(c1)CCC2)Nc1ccnn1C1CCCC1. The van der Waals surface area contributed by atoms with Gasteiger partial charge in [-0.2, -0.15) is 5.10 Å². The molecule has 1 saturated carbocycles. The zero-order valence-corrected chi connectivity index (χ0v) is 13.4. The van der Waals surface area contributed by atoms with Gasteiger partial charge in [0.1, 0.15) is 5.82 Å². The fourth-order valence-electron chi connectivity index (χ4n) is 3.96. The molecular formula is C19H23N3O. The summed E-state index contributed by atoms with van der Waals surface area (Å²) in [7, 11) is 0. The van der Waals surface area contributed by atoms with E-state index in [4.69, 9.17) is 0 Å². The lowest BCUT2D eigenvalue weighted by atomic mass is 10.0. The molecule has 1 fully saturated rings. The smallest absolute Gasteiger partial charge is 0.229 e. The number of nitrogens with zero attached hydrogens (tertiary/aromatic N) is 2. The number of amides is 1. The molecule has 0 spiro atoms. The molecule has 23 heavy (non-hydrogen) atoms. The molecule has 120 valence electrons. The Morgan fingerprint density at radius 2 is 1.96 bits per heavy atom. The third-order valence-corrected chi connectivity index (χ3v) is 5.14. The van der Waals surface area contributed by atoms with Crippen LogP contribution < -0.4 is 5.32 Å². The molecule has 2 aromatic rings. The molecule has 4 heteroatoms. The molecule has 0 atom stereocenters. The van der Waals surface area contributed by atoms with Gasteiger partial charge in [0.15, 0.2) is 0 Å². The molecule has 1 aromatic carbocycles. The number of aryl methyl sites for hydroxylation is 2. The molecule has 0 bridgehead atoms. The maximum atomic E-state index is 12.4. The van der Waals surface area contributed by atoms with Gasteiger partial charge in [-0.25, -0.2) is 4.68 Å². The van der Waals surface area contributed by atoms with Crippen LogP contribution in [0.2, 0.25) is 0 Å². The maximum absolute atomic E-state index is 12.4. The van der Waals surface area contributed by atoms with Gasteiger partial charge in [0, 0.05) is 6.07 Å². The average Bonchev–Trinajstić information content (AvgIpc) is 3.27. The van der Waals surface area contributed by atoms with Crippen molar-refractivity contribution >= 4 is 11.7 Å². The van der Waals surface area contributed by atoms with E-state index >= 15 is 0 Å². The van der Waals surface area contributed by atoms with Gasteiger partial charge in [-0.05, 0) is 48.8 Å². The van der Waals surface area contributed by atoms with E-state index in [9.17, 15) is 4.79 Å². The maximum Gasteiger partial charge on any atom is 0.229 e. The molecule has 1 aromatic heterocycles. The molecule has 2 aliphatic rings. The topological polar surface area (TPSA) is 46.9 Å². The van der Waals surface area contributed by atoms with Gasteiger partial charge in [-0.1, -0.05) is 31.0 Å². The molecule has 4 nitrogen and oxygen atoms in total. The van der Waals surface area contributed by atoms with E-state index in [1.54, 1.807) is 6.20 Å². The molecule has 1 amide bonds. The largest absolute Gasteiger partial charge is 0.311 e. The first-order chi connectivity index (χ1) is 11.3. The predicted molar refractivity (Wildman–Crippen MR) is 90.5 cm³/mol. The molecule has 1 N–H and O–H groups in total. The second-order valence-electron chi connectivity index (χ2n) is 6.78. The summed E-state index contributed by atoms with van der Waals surface area (Å²) in [6, 6.07) is 8.83. The van der Waals surface area contributed by atoms with Crippen LogP contribution in [0.1, 0.15) is 54.8 Å². The number of nitrogens with one attached hydrogen (secondary N) is 1. The Kier molecular flexibility index (Phi) is 3.90. The van der Waals surface area contributed by atoms with E-state index in [2.05, 4.69) is 28.6 Å². The van der Waals surface area contributed by atoms with Crippen molar-refractivity contribution in [2.45, 2.75) is 57.4 Å². The molecule has 0 unspecified atom stereocenters. The van der Waals surface area contributed by atoms with Crippen molar-refractivity contribution in [3.8, 4) is 0 Å². The van der Waals surface area contributed by atoms with E-state index in [1.165, 1.54) is 36.8 Å². The lowest BCUT2D eigenvalue weighted by molar-refractivity contribution is -0.115.